The van der Waals surface area contributed by atoms with E-state index in [1.165, 1.54) is 0 Å². The third-order valence-electron chi connectivity index (χ3n) is 0. The van der Waals surface area contributed by atoms with Gasteiger partial charge in [0.1, 0.15) is 0 Å². The van der Waals surface area contributed by atoms with Crippen molar-refractivity contribution in [2.75, 3.05) is 6.56 Å². The van der Waals surface area contributed by atoms with Gasteiger partial charge in [0.05, 0.1) is 2.74 Å². The third kappa shape index (κ3) is 4340. The molecule has 9 heteroatoms. The van der Waals surface area contributed by atoms with E-state index in [-0.39, 0.29) is 43.8 Å². The van der Waals surface area contributed by atoms with Gasteiger partial charge in [-0.2, -0.15) is 0 Å². The van der Waals surface area contributed by atoms with Crippen LogP contribution in [0.15, 0.2) is 0 Å². The fraction of sp³-hybridized carbons (Fsp3) is 1.00. The van der Waals surface area contributed by atoms with Crippen molar-refractivity contribution in [2.45, 2.75) is 6.85 Å². The maximum absolute atomic E-state index is 8.12. The summed E-state index contributed by atoms with van der Waals surface area (Å²) in [5.41, 5.74) is 0. The van der Waals surface area contributed by atoms with Crippen LogP contribution in [0, 0.1) is 0 Å². The molecule has 17 N–H and O–H groups in total. The van der Waals surface area contributed by atoms with Crippen molar-refractivity contribution < 1.29 is 55.8 Å². The lowest BCUT2D eigenvalue weighted by molar-refractivity contribution is 0.318. The highest BCUT2D eigenvalue weighted by atomic mass is 16.2. The molecule has 0 aromatic rings. The van der Waals surface area contributed by atoms with Crippen molar-refractivity contribution in [3.8, 4) is 0 Å². The molecule has 0 aliphatic rings. The van der Waals surface area contributed by atoms with Crippen molar-refractivity contribution in [2.24, 2.45) is 0 Å². The molecule has 9 nitrogen and oxygen atoms in total. The van der Waals surface area contributed by atoms with Crippen LogP contribution in [-0.4, -0.2) is 55.5 Å². The van der Waals surface area contributed by atoms with Gasteiger partial charge in [0.15, 0.2) is 0 Å². The first kappa shape index (κ1) is 22.4. The molecule has 0 saturated heterocycles. The quantitative estimate of drug-likeness (QED) is 0.387. The van der Waals surface area contributed by atoms with Gasteiger partial charge < -0.3 is 48.9 Å². The Morgan fingerprint density at radius 3 is 1.00 bits per heavy atom. The lowest BCUT2D eigenvalue weighted by Crippen LogP contribution is -1.57. The average molecular weight is 195 g/mol. The fourth-order valence-electron chi connectivity index (χ4n) is 0. The van der Waals surface area contributed by atoms with E-state index in [4.69, 9.17) is 12.0 Å². The second kappa shape index (κ2) is 1760. The summed E-state index contributed by atoms with van der Waals surface area (Å²) >= 11 is 0. The van der Waals surface area contributed by atoms with Gasteiger partial charge in [-0.1, -0.05) is 0 Å². The zero-order valence-electron chi connectivity index (χ0n) is 10.4. The van der Waals surface area contributed by atoms with E-state index in [2.05, 4.69) is 0 Å². The van der Waals surface area contributed by atoms with Crippen molar-refractivity contribution in [3.05, 3.63) is 0 Å². The molecule has 0 aliphatic heterocycles. The summed E-state index contributed by atoms with van der Waals surface area (Å²) in [6.45, 7) is -5.99. The highest BCUT2D eigenvalue weighted by molar-refractivity contribution is 3.84. The topological polar surface area (TPSA) is 272 Å². The van der Waals surface area contributed by atoms with Gasteiger partial charge in [-0.3, -0.25) is 0 Å². The van der Waals surface area contributed by atoms with Gasteiger partial charge in [-0.15, -0.1) is 0 Å². The van der Waals surface area contributed by atoms with Crippen LogP contribution in [0.1, 0.15) is 13.7 Å². The molecule has 0 aromatic heterocycles. The fourth-order valence-corrected chi connectivity index (χ4v) is 0. The largest absolute Gasteiger partial charge is 0.412 e. The van der Waals surface area contributed by atoms with Gasteiger partial charge in [0.2, 0.25) is 0 Å². The second-order valence-corrected chi connectivity index (χ2v) is 0.112. The molecule has 0 amide bonds. The van der Waals surface area contributed by atoms with Crippen molar-refractivity contribution in [3.63, 3.8) is 0 Å². The molecule has 0 saturated carbocycles. The van der Waals surface area contributed by atoms with Crippen LogP contribution in [0.4, 0.5) is 0 Å². The molecule has 0 aliphatic carbocycles. The molecule has 0 fully saturated rings. The van der Waals surface area contributed by atoms with E-state index in [0.29, 0.717) is 0 Å². The molecule has 0 atom stereocenters. The third-order valence-corrected chi connectivity index (χ3v) is 0. The highest BCUT2D eigenvalue weighted by Crippen LogP contribution is 1.30. The lowest BCUT2D eigenvalue weighted by Gasteiger charge is -1.52. The summed E-state index contributed by atoms with van der Waals surface area (Å²) in [5, 5.41) is 8.12. The summed E-state index contributed by atoms with van der Waals surface area (Å²) in [4.78, 5) is 0. The Labute approximate surface area is 70.8 Å². The Hall–Kier alpha value is -0.360. The molecule has 11 heavy (non-hydrogen) atoms. The molecule has 0 unspecified atom stereocenters. The molecular weight excluding hydrogens is 168 g/mol. The lowest BCUT2D eigenvalue weighted by atomic mass is 10.9. The maximum atomic E-state index is 8.12. The normalized spacial score (nSPS) is 10.8. The highest BCUT2D eigenvalue weighted by Gasteiger charge is 1.34. The number of hydrogen-bond donors (Lipinski definition) is 1. The maximum Gasteiger partial charge on any atom is 0.0561 e. The van der Waals surface area contributed by atoms with Crippen molar-refractivity contribution in [1.29, 1.82) is 0 Å². The number of rotatable bonds is 0. The Morgan fingerprint density at radius 1 is 0.909 bits per heavy atom. The first-order valence-corrected chi connectivity index (χ1v) is 0.474. The van der Waals surface area contributed by atoms with Crippen LogP contribution >= 0.6 is 0 Å². The van der Waals surface area contributed by atoms with Crippen LogP contribution < -0.4 is 0 Å². The monoisotopic (exact) mass is 195 g/mol. The zero-order valence-corrected chi connectivity index (χ0v) is 5.45. The van der Waals surface area contributed by atoms with Crippen molar-refractivity contribution in [1.82, 2.24) is 0 Å². The van der Waals surface area contributed by atoms with Crippen LogP contribution in [0.5, 0.6) is 0 Å². The van der Waals surface area contributed by atoms with Crippen molar-refractivity contribution >= 4 is 0 Å². The molecule has 0 radical (unpaired) electrons. The van der Waals surface area contributed by atoms with Gasteiger partial charge in [0, 0.05) is 10.7 Å². The number of aliphatic hydroxyl groups is 1. The molecule has 84 valence electrons. The molecule has 0 bridgehead atoms. The van der Waals surface area contributed by atoms with Gasteiger partial charge in [-0.25, -0.2) is 0 Å². The minimum atomic E-state index is -3.06. The Balaban J connectivity index is -0.00000000875. The van der Waals surface area contributed by atoms with E-state index >= 15 is 0 Å². The molecule has 0 spiro atoms. The Morgan fingerprint density at radius 2 is 1.00 bits per heavy atom. The average Bonchev–Trinajstić information content (AvgIpc) is 1.25. The zero-order chi connectivity index (χ0) is 7.00. The standard InChI is InChI=1S/C2H6O.8H2O/c1-2-3;;;;;;;;/h3H,2H2,1H3;8*1H2/i1D3,2D2;;;;;;;;. The van der Waals surface area contributed by atoms with E-state index in [1.54, 1.807) is 0 Å². The summed E-state index contributed by atoms with van der Waals surface area (Å²) in [6.07, 6.45) is 0. The van der Waals surface area contributed by atoms with Crippen LogP contribution in [0.25, 0.3) is 0 Å². The van der Waals surface area contributed by atoms with Gasteiger partial charge >= 0.3 is 0 Å². The van der Waals surface area contributed by atoms with E-state index in [1.807, 2.05) is 0 Å². The minimum absolute atomic E-state index is 0. The van der Waals surface area contributed by atoms with Crippen LogP contribution in [0.3, 0.4) is 0 Å². The van der Waals surface area contributed by atoms with Gasteiger partial charge in [0.25, 0.3) is 0 Å². The predicted molar refractivity (Wildman–Crippen MR) is 41.7 cm³/mol. The summed E-state index contributed by atoms with van der Waals surface area (Å²) < 4.78 is 31.4. The summed E-state index contributed by atoms with van der Waals surface area (Å²) in [5.74, 6) is 0. The first-order chi connectivity index (χ1) is 3.25. The van der Waals surface area contributed by atoms with E-state index < -0.39 is 13.4 Å². The molecule has 0 aromatic carbocycles. The second-order valence-electron chi connectivity index (χ2n) is 0.112. The number of hydrogen-bond acceptors (Lipinski definition) is 1. The SMILES string of the molecule is O.O.O.O.O.O.O.O.[2H]C([2H])([2H])C([2H])([2H])O. The summed E-state index contributed by atoms with van der Waals surface area (Å²) in [6, 6.07) is 0. The summed E-state index contributed by atoms with van der Waals surface area (Å²) in [7, 11) is 0. The van der Waals surface area contributed by atoms with Gasteiger partial charge in [-0.05, 0) is 6.85 Å². The smallest absolute Gasteiger partial charge is 0.0561 e. The van der Waals surface area contributed by atoms with E-state index in [0.717, 1.165) is 0 Å². The van der Waals surface area contributed by atoms with Crippen LogP contribution in [0.2, 0.25) is 0 Å². The molecular formula is C2H22O9. The molecule has 0 heterocycles. The predicted octanol–water partition coefficient (Wildman–Crippen LogP) is -6.60. The van der Waals surface area contributed by atoms with E-state index in [9.17, 15) is 0 Å². The Bertz CT molecular complexity index is 76.9. The van der Waals surface area contributed by atoms with Crippen LogP contribution in [-0.2, 0) is 0 Å². The Kier molecular flexibility index (Phi) is 3580. The first-order valence-electron chi connectivity index (χ1n) is 2.97. The minimum Gasteiger partial charge on any atom is -0.412 e. The molecule has 0 rings (SSSR count).